The average molecular weight is 368 g/mol. The number of anilines is 1. The van der Waals surface area contributed by atoms with E-state index in [2.05, 4.69) is 20.1 Å². The summed E-state index contributed by atoms with van der Waals surface area (Å²) in [5.41, 5.74) is 2.01. The van der Waals surface area contributed by atoms with Crippen molar-refractivity contribution in [3.63, 3.8) is 0 Å². The van der Waals surface area contributed by atoms with Crippen molar-refractivity contribution in [2.75, 3.05) is 51.3 Å². The molecule has 2 aliphatic heterocycles. The second-order valence-electron chi connectivity index (χ2n) is 6.81. The van der Waals surface area contributed by atoms with Crippen LogP contribution < -0.4 is 14.8 Å². The van der Waals surface area contributed by atoms with Gasteiger partial charge in [0.15, 0.2) is 11.5 Å². The van der Waals surface area contributed by atoms with Gasteiger partial charge in [0.05, 0.1) is 6.54 Å². The number of fused-ring (bicyclic) bond motifs is 1. The minimum Gasteiger partial charge on any atom is -0.486 e. The highest BCUT2D eigenvalue weighted by atomic mass is 16.6. The number of benzene rings is 1. The van der Waals surface area contributed by atoms with Crippen molar-refractivity contribution in [1.82, 2.24) is 14.8 Å². The van der Waals surface area contributed by atoms with Crippen molar-refractivity contribution in [3.05, 3.63) is 48.3 Å². The zero-order valence-electron chi connectivity index (χ0n) is 15.3. The maximum atomic E-state index is 12.4. The lowest BCUT2D eigenvalue weighted by Gasteiger charge is -2.34. The van der Waals surface area contributed by atoms with Crippen LogP contribution in [0.5, 0.6) is 11.5 Å². The molecule has 1 aromatic carbocycles. The third-order valence-electron chi connectivity index (χ3n) is 4.81. The Morgan fingerprint density at radius 1 is 0.963 bits per heavy atom. The van der Waals surface area contributed by atoms with Gasteiger partial charge < -0.3 is 14.8 Å². The molecule has 0 saturated carbocycles. The molecule has 1 N–H and O–H groups in total. The van der Waals surface area contributed by atoms with E-state index in [4.69, 9.17) is 9.47 Å². The van der Waals surface area contributed by atoms with Gasteiger partial charge in [0.2, 0.25) is 5.91 Å². The summed E-state index contributed by atoms with van der Waals surface area (Å²) in [4.78, 5) is 21.0. The van der Waals surface area contributed by atoms with Gasteiger partial charge in [-0.1, -0.05) is 0 Å². The summed E-state index contributed by atoms with van der Waals surface area (Å²) < 4.78 is 11.1. The first-order valence-corrected chi connectivity index (χ1v) is 9.29. The number of nitrogens with zero attached hydrogens (tertiary/aromatic N) is 3. The number of amides is 1. The molecule has 0 radical (unpaired) electrons. The fourth-order valence-electron chi connectivity index (χ4n) is 3.38. The molecular formula is C20H24N4O3. The monoisotopic (exact) mass is 368 g/mol. The summed E-state index contributed by atoms with van der Waals surface area (Å²) in [7, 11) is 0. The van der Waals surface area contributed by atoms with Crippen molar-refractivity contribution >= 4 is 11.6 Å². The van der Waals surface area contributed by atoms with Gasteiger partial charge in [-0.3, -0.25) is 19.6 Å². The molecule has 2 aliphatic rings. The van der Waals surface area contributed by atoms with Crippen LogP contribution in [-0.2, 0) is 11.3 Å². The minimum atomic E-state index is -0.00531. The maximum Gasteiger partial charge on any atom is 0.238 e. The van der Waals surface area contributed by atoms with Crippen LogP contribution >= 0.6 is 0 Å². The Morgan fingerprint density at radius 3 is 2.44 bits per heavy atom. The molecule has 7 nitrogen and oxygen atoms in total. The molecule has 1 aromatic heterocycles. The smallest absolute Gasteiger partial charge is 0.238 e. The van der Waals surface area contributed by atoms with Crippen molar-refractivity contribution in [2.24, 2.45) is 0 Å². The van der Waals surface area contributed by atoms with Gasteiger partial charge in [-0.2, -0.15) is 0 Å². The Kier molecular flexibility index (Phi) is 5.50. The summed E-state index contributed by atoms with van der Waals surface area (Å²) in [5.74, 6) is 1.41. The number of piperazine rings is 1. The second kappa shape index (κ2) is 8.37. The molecule has 0 unspecified atom stereocenters. The Labute approximate surface area is 158 Å². The van der Waals surface area contributed by atoms with Crippen LogP contribution in [0.15, 0.2) is 42.7 Å². The predicted molar refractivity (Wildman–Crippen MR) is 102 cm³/mol. The molecule has 0 spiro atoms. The molecular weight excluding hydrogens is 344 g/mol. The Balaban J connectivity index is 1.24. The molecule has 0 atom stereocenters. The van der Waals surface area contributed by atoms with Crippen molar-refractivity contribution < 1.29 is 14.3 Å². The summed E-state index contributed by atoms with van der Waals surface area (Å²) in [6.07, 6.45) is 3.65. The van der Waals surface area contributed by atoms with Crippen molar-refractivity contribution in [3.8, 4) is 11.5 Å². The highest BCUT2D eigenvalue weighted by molar-refractivity contribution is 5.92. The lowest BCUT2D eigenvalue weighted by molar-refractivity contribution is -0.117. The molecule has 0 bridgehead atoms. The lowest BCUT2D eigenvalue weighted by Crippen LogP contribution is -2.48. The first-order chi connectivity index (χ1) is 13.3. The highest BCUT2D eigenvalue weighted by Crippen LogP contribution is 2.32. The van der Waals surface area contributed by atoms with Crippen LogP contribution in [0.2, 0.25) is 0 Å². The largest absolute Gasteiger partial charge is 0.486 e. The fourth-order valence-corrected chi connectivity index (χ4v) is 3.38. The van der Waals surface area contributed by atoms with Gasteiger partial charge in [-0.25, -0.2) is 0 Å². The van der Waals surface area contributed by atoms with E-state index in [1.165, 1.54) is 5.56 Å². The zero-order chi connectivity index (χ0) is 18.5. The predicted octanol–water partition coefficient (Wildman–Crippen LogP) is 1.61. The number of hydrogen-bond acceptors (Lipinski definition) is 6. The topological polar surface area (TPSA) is 66.9 Å². The number of hydrogen-bond donors (Lipinski definition) is 1. The van der Waals surface area contributed by atoms with Gasteiger partial charge in [-0.05, 0) is 29.8 Å². The van der Waals surface area contributed by atoms with E-state index in [-0.39, 0.29) is 5.91 Å². The standard InChI is InChI=1S/C20H24N4O3/c25-20(22-17-1-2-18-19(13-17)27-12-11-26-18)15-24-9-7-23(8-10-24)14-16-3-5-21-6-4-16/h1-6,13H,7-12,14-15H2,(H,22,25). The number of carbonyl (C=O) groups excluding carboxylic acids is 1. The summed E-state index contributed by atoms with van der Waals surface area (Å²) in [5, 5.41) is 2.95. The van der Waals surface area contributed by atoms with E-state index in [0.29, 0.717) is 25.5 Å². The van der Waals surface area contributed by atoms with Gasteiger partial charge in [0, 0.05) is 56.9 Å². The van der Waals surface area contributed by atoms with Gasteiger partial charge in [0.25, 0.3) is 0 Å². The average Bonchev–Trinajstić information content (AvgIpc) is 2.70. The van der Waals surface area contributed by atoms with Crippen LogP contribution in [0, 0.1) is 0 Å². The third kappa shape index (κ3) is 4.75. The first kappa shape index (κ1) is 17.8. The summed E-state index contributed by atoms with van der Waals surface area (Å²) in [6.45, 7) is 6.12. The van der Waals surface area contributed by atoms with E-state index in [1.54, 1.807) is 0 Å². The number of aromatic nitrogens is 1. The number of rotatable bonds is 5. The molecule has 3 heterocycles. The van der Waals surface area contributed by atoms with Crippen LogP contribution in [-0.4, -0.2) is 66.6 Å². The number of carbonyl (C=O) groups is 1. The lowest BCUT2D eigenvalue weighted by atomic mass is 10.2. The van der Waals surface area contributed by atoms with Crippen molar-refractivity contribution in [1.29, 1.82) is 0 Å². The molecule has 142 valence electrons. The fraction of sp³-hybridized carbons (Fsp3) is 0.400. The zero-order valence-corrected chi connectivity index (χ0v) is 15.3. The highest BCUT2D eigenvalue weighted by Gasteiger charge is 2.19. The van der Waals surface area contributed by atoms with E-state index in [0.717, 1.165) is 44.2 Å². The van der Waals surface area contributed by atoms with Gasteiger partial charge >= 0.3 is 0 Å². The second-order valence-corrected chi connectivity index (χ2v) is 6.81. The van der Waals surface area contributed by atoms with E-state index in [1.807, 2.05) is 42.7 Å². The maximum absolute atomic E-state index is 12.4. The van der Waals surface area contributed by atoms with Crippen molar-refractivity contribution in [2.45, 2.75) is 6.54 Å². The van der Waals surface area contributed by atoms with Crippen LogP contribution in [0.4, 0.5) is 5.69 Å². The SMILES string of the molecule is O=C(CN1CCN(Cc2ccncc2)CC1)Nc1ccc2c(c1)OCCO2. The van der Waals surface area contributed by atoms with Gasteiger partial charge in [0.1, 0.15) is 13.2 Å². The Morgan fingerprint density at radius 2 is 1.67 bits per heavy atom. The number of pyridine rings is 1. The van der Waals surface area contributed by atoms with E-state index >= 15 is 0 Å². The van der Waals surface area contributed by atoms with Gasteiger partial charge in [-0.15, -0.1) is 0 Å². The molecule has 1 saturated heterocycles. The molecule has 1 amide bonds. The molecule has 7 heteroatoms. The quantitative estimate of drug-likeness (QED) is 0.865. The van der Waals surface area contributed by atoms with E-state index < -0.39 is 0 Å². The van der Waals surface area contributed by atoms with Crippen LogP contribution in [0.3, 0.4) is 0 Å². The minimum absolute atomic E-state index is 0.00531. The molecule has 27 heavy (non-hydrogen) atoms. The molecule has 1 fully saturated rings. The first-order valence-electron chi connectivity index (χ1n) is 9.29. The Hall–Kier alpha value is -2.64. The number of nitrogens with one attached hydrogen (secondary N) is 1. The Bertz CT molecular complexity index is 776. The molecule has 2 aromatic rings. The van der Waals surface area contributed by atoms with E-state index in [9.17, 15) is 4.79 Å². The third-order valence-corrected chi connectivity index (χ3v) is 4.81. The van der Waals surface area contributed by atoms with Crippen LogP contribution in [0.25, 0.3) is 0 Å². The summed E-state index contributed by atoms with van der Waals surface area (Å²) >= 11 is 0. The van der Waals surface area contributed by atoms with Crippen LogP contribution in [0.1, 0.15) is 5.56 Å². The summed E-state index contributed by atoms with van der Waals surface area (Å²) in [6, 6.07) is 9.60. The molecule has 0 aliphatic carbocycles. The number of ether oxygens (including phenoxy) is 2. The normalized spacial score (nSPS) is 17.5. The molecule has 4 rings (SSSR count).